The summed E-state index contributed by atoms with van der Waals surface area (Å²) in [6.07, 6.45) is 6.17. The van der Waals surface area contributed by atoms with Gasteiger partial charge < -0.3 is 11.1 Å². The molecule has 4 rings (SSSR count). The van der Waals surface area contributed by atoms with Crippen LogP contribution in [0.15, 0.2) is 42.5 Å². The van der Waals surface area contributed by atoms with E-state index in [0.29, 0.717) is 24.0 Å². The Balaban J connectivity index is 1.41. The fourth-order valence-corrected chi connectivity index (χ4v) is 3.77. The third kappa shape index (κ3) is 2.83. The molecule has 2 nitrogen and oxygen atoms in total. The summed E-state index contributed by atoms with van der Waals surface area (Å²) in [6, 6.07) is 17.4. The highest BCUT2D eigenvalue weighted by Crippen LogP contribution is 2.42. The predicted octanol–water partition coefficient (Wildman–Crippen LogP) is 3.56. The molecule has 0 amide bonds. The first kappa shape index (κ1) is 13.3. The summed E-state index contributed by atoms with van der Waals surface area (Å²) in [6.45, 7) is 0. The van der Waals surface area contributed by atoms with Gasteiger partial charge in [0.1, 0.15) is 0 Å². The molecule has 0 spiro atoms. The zero-order valence-electron chi connectivity index (χ0n) is 12.5. The van der Waals surface area contributed by atoms with E-state index in [9.17, 15) is 0 Å². The Kier molecular flexibility index (Phi) is 3.44. The molecule has 0 radical (unpaired) electrons. The van der Waals surface area contributed by atoms with Crippen LogP contribution >= 0.6 is 0 Å². The Morgan fingerprint density at radius 2 is 1.67 bits per heavy atom. The topological polar surface area (TPSA) is 38.0 Å². The molecule has 2 aliphatic rings. The van der Waals surface area contributed by atoms with E-state index in [2.05, 4.69) is 47.8 Å². The van der Waals surface area contributed by atoms with Gasteiger partial charge in [-0.05, 0) is 48.4 Å². The van der Waals surface area contributed by atoms with Crippen molar-refractivity contribution in [1.29, 1.82) is 0 Å². The zero-order valence-corrected chi connectivity index (χ0v) is 12.5. The quantitative estimate of drug-likeness (QED) is 0.902. The highest BCUT2D eigenvalue weighted by molar-refractivity contribution is 5.83. The number of benzene rings is 2. The molecule has 21 heavy (non-hydrogen) atoms. The zero-order chi connectivity index (χ0) is 14.2. The maximum absolute atomic E-state index is 5.99. The number of rotatable bonds is 3. The SMILES string of the molecule is N[C@H]1CC[C@@H](N[C@@H]2C[C@H]2c2ccc3ccccc3c2)CC1. The highest BCUT2D eigenvalue weighted by Gasteiger charge is 2.39. The minimum atomic E-state index is 0.443. The van der Waals surface area contributed by atoms with Crippen LogP contribution in [-0.2, 0) is 0 Å². The summed E-state index contributed by atoms with van der Waals surface area (Å²) >= 11 is 0. The summed E-state index contributed by atoms with van der Waals surface area (Å²) in [7, 11) is 0. The van der Waals surface area contributed by atoms with Gasteiger partial charge in [0.05, 0.1) is 0 Å². The second-order valence-electron chi connectivity index (χ2n) is 6.83. The fraction of sp³-hybridized carbons (Fsp3) is 0.474. The average Bonchev–Trinajstić information content (AvgIpc) is 3.28. The van der Waals surface area contributed by atoms with E-state index in [1.165, 1.54) is 48.4 Å². The average molecular weight is 280 g/mol. The van der Waals surface area contributed by atoms with Crippen LogP contribution in [0, 0.1) is 0 Å². The molecule has 0 heterocycles. The van der Waals surface area contributed by atoms with E-state index in [-0.39, 0.29) is 0 Å². The number of hydrogen-bond donors (Lipinski definition) is 2. The van der Waals surface area contributed by atoms with Crippen molar-refractivity contribution in [2.24, 2.45) is 5.73 Å². The second-order valence-corrected chi connectivity index (χ2v) is 6.83. The molecule has 2 atom stereocenters. The second kappa shape index (κ2) is 5.43. The lowest BCUT2D eigenvalue weighted by Crippen LogP contribution is -2.38. The molecule has 0 bridgehead atoms. The van der Waals surface area contributed by atoms with Gasteiger partial charge in [-0.25, -0.2) is 0 Å². The van der Waals surface area contributed by atoms with Gasteiger partial charge in [0, 0.05) is 24.0 Å². The van der Waals surface area contributed by atoms with Crippen LogP contribution in [0.2, 0.25) is 0 Å². The Morgan fingerprint density at radius 1 is 0.905 bits per heavy atom. The minimum absolute atomic E-state index is 0.443. The minimum Gasteiger partial charge on any atom is -0.328 e. The first-order valence-corrected chi connectivity index (χ1v) is 8.30. The van der Waals surface area contributed by atoms with Gasteiger partial charge in [-0.1, -0.05) is 42.5 Å². The molecule has 2 aromatic carbocycles. The molecule has 110 valence electrons. The van der Waals surface area contributed by atoms with Gasteiger partial charge in [0.25, 0.3) is 0 Å². The standard InChI is InChI=1S/C19H24N2/c20-16-7-9-17(10-8-16)21-19-12-18(19)15-6-5-13-3-1-2-4-14(13)11-15/h1-6,11,16-19,21H,7-10,12,20H2/t16-,17+,18-,19+/m0/s1. The first-order valence-electron chi connectivity index (χ1n) is 8.30. The summed E-state index contributed by atoms with van der Waals surface area (Å²) in [5, 5.41) is 6.56. The van der Waals surface area contributed by atoms with Crippen molar-refractivity contribution in [3.05, 3.63) is 48.0 Å². The number of nitrogens with two attached hydrogens (primary N) is 1. The van der Waals surface area contributed by atoms with Crippen LogP contribution in [0.4, 0.5) is 0 Å². The maximum Gasteiger partial charge on any atom is 0.0145 e. The van der Waals surface area contributed by atoms with Crippen LogP contribution in [0.1, 0.15) is 43.6 Å². The maximum atomic E-state index is 5.99. The van der Waals surface area contributed by atoms with Crippen LogP contribution < -0.4 is 11.1 Å². The van der Waals surface area contributed by atoms with E-state index in [1.54, 1.807) is 0 Å². The lowest BCUT2D eigenvalue weighted by molar-refractivity contribution is 0.339. The monoisotopic (exact) mass is 280 g/mol. The molecule has 3 N–H and O–H groups in total. The van der Waals surface area contributed by atoms with Crippen LogP contribution in [0.25, 0.3) is 10.8 Å². The Bertz CT molecular complexity index is 628. The lowest BCUT2D eigenvalue weighted by Gasteiger charge is -2.27. The molecule has 2 saturated carbocycles. The van der Waals surface area contributed by atoms with Crippen molar-refractivity contribution in [2.75, 3.05) is 0 Å². The Hall–Kier alpha value is -1.38. The summed E-state index contributed by atoms with van der Waals surface area (Å²) in [5.74, 6) is 0.713. The molecular formula is C19H24N2. The van der Waals surface area contributed by atoms with Crippen molar-refractivity contribution in [3.8, 4) is 0 Å². The highest BCUT2D eigenvalue weighted by atomic mass is 15.0. The fourth-order valence-electron chi connectivity index (χ4n) is 3.77. The number of nitrogens with one attached hydrogen (secondary N) is 1. The lowest BCUT2D eigenvalue weighted by atomic mass is 9.92. The van der Waals surface area contributed by atoms with Gasteiger partial charge in [-0.3, -0.25) is 0 Å². The van der Waals surface area contributed by atoms with Crippen LogP contribution in [0.3, 0.4) is 0 Å². The third-order valence-corrected chi connectivity index (χ3v) is 5.21. The summed E-state index contributed by atoms with van der Waals surface area (Å²) < 4.78 is 0. The van der Waals surface area contributed by atoms with Crippen molar-refractivity contribution in [2.45, 2.75) is 56.1 Å². The molecule has 2 fully saturated rings. The van der Waals surface area contributed by atoms with E-state index < -0.39 is 0 Å². The normalized spacial score (nSPS) is 32.2. The van der Waals surface area contributed by atoms with Crippen LogP contribution in [0.5, 0.6) is 0 Å². The van der Waals surface area contributed by atoms with Crippen molar-refractivity contribution < 1.29 is 0 Å². The largest absolute Gasteiger partial charge is 0.328 e. The van der Waals surface area contributed by atoms with E-state index in [1.807, 2.05) is 0 Å². The number of hydrogen-bond acceptors (Lipinski definition) is 2. The Morgan fingerprint density at radius 3 is 2.48 bits per heavy atom. The molecule has 2 heteroatoms. The summed E-state index contributed by atoms with van der Waals surface area (Å²) in [4.78, 5) is 0. The van der Waals surface area contributed by atoms with E-state index >= 15 is 0 Å². The van der Waals surface area contributed by atoms with Crippen molar-refractivity contribution >= 4 is 10.8 Å². The third-order valence-electron chi connectivity index (χ3n) is 5.21. The smallest absolute Gasteiger partial charge is 0.0145 e. The van der Waals surface area contributed by atoms with E-state index in [4.69, 9.17) is 5.73 Å². The first-order chi connectivity index (χ1) is 10.3. The predicted molar refractivity (Wildman–Crippen MR) is 88.5 cm³/mol. The molecular weight excluding hydrogens is 256 g/mol. The van der Waals surface area contributed by atoms with Gasteiger partial charge in [-0.2, -0.15) is 0 Å². The molecule has 0 aromatic heterocycles. The molecule has 2 aliphatic carbocycles. The molecule has 0 aliphatic heterocycles. The molecule has 0 saturated heterocycles. The van der Waals surface area contributed by atoms with Gasteiger partial charge in [-0.15, -0.1) is 0 Å². The van der Waals surface area contributed by atoms with E-state index in [0.717, 1.165) is 0 Å². The summed E-state index contributed by atoms with van der Waals surface area (Å²) in [5.41, 5.74) is 7.49. The number of fused-ring (bicyclic) bond motifs is 1. The molecule has 0 unspecified atom stereocenters. The van der Waals surface area contributed by atoms with Crippen molar-refractivity contribution in [3.63, 3.8) is 0 Å². The molecule has 2 aromatic rings. The Labute approximate surface area is 126 Å². The van der Waals surface area contributed by atoms with Gasteiger partial charge >= 0.3 is 0 Å². The van der Waals surface area contributed by atoms with Crippen LogP contribution in [-0.4, -0.2) is 18.1 Å². The van der Waals surface area contributed by atoms with Gasteiger partial charge in [0.2, 0.25) is 0 Å². The van der Waals surface area contributed by atoms with Crippen molar-refractivity contribution in [1.82, 2.24) is 5.32 Å². The van der Waals surface area contributed by atoms with Gasteiger partial charge in [0.15, 0.2) is 0 Å².